The summed E-state index contributed by atoms with van der Waals surface area (Å²) in [4.78, 5) is 13.3. The normalized spacial score (nSPS) is 11.5. The highest BCUT2D eigenvalue weighted by atomic mass is 15.3. The van der Waals surface area contributed by atoms with Gasteiger partial charge in [-0.3, -0.25) is 0 Å². The van der Waals surface area contributed by atoms with Gasteiger partial charge in [0.05, 0.1) is 13.1 Å². The third-order valence-corrected chi connectivity index (χ3v) is 3.83. The molecule has 0 amide bonds. The molecule has 1 N–H and O–H groups in total. The highest BCUT2D eigenvalue weighted by Gasteiger charge is 2.08. The lowest BCUT2D eigenvalue weighted by Gasteiger charge is -2.22. The van der Waals surface area contributed by atoms with Gasteiger partial charge in [-0.25, -0.2) is 9.98 Å². The molecule has 0 unspecified atom stereocenters. The molecule has 0 atom stereocenters. The predicted molar refractivity (Wildman–Crippen MR) is 100 cm³/mol. The van der Waals surface area contributed by atoms with Gasteiger partial charge in [0.2, 0.25) is 0 Å². The quantitative estimate of drug-likeness (QED) is 0.651. The average Bonchev–Trinajstić information content (AvgIpc) is 2.96. The van der Waals surface area contributed by atoms with E-state index in [0.717, 1.165) is 30.4 Å². The van der Waals surface area contributed by atoms with Gasteiger partial charge in [-0.2, -0.15) is 0 Å². The van der Waals surface area contributed by atoms with Crippen LogP contribution in [0.3, 0.4) is 0 Å². The van der Waals surface area contributed by atoms with E-state index < -0.39 is 0 Å². The molecule has 130 valence electrons. The number of guanidine groups is 1. The molecule has 0 aliphatic heterocycles. The van der Waals surface area contributed by atoms with Crippen LogP contribution >= 0.6 is 0 Å². The molecule has 2 heterocycles. The van der Waals surface area contributed by atoms with Crippen LogP contribution in [0.25, 0.3) is 0 Å². The summed E-state index contributed by atoms with van der Waals surface area (Å²) in [5, 5.41) is 3.36. The van der Waals surface area contributed by atoms with Crippen LogP contribution in [0, 0.1) is 0 Å². The molecular weight excluding hydrogens is 300 g/mol. The molecule has 0 aromatic carbocycles. The Morgan fingerprint density at radius 3 is 2.71 bits per heavy atom. The second kappa shape index (κ2) is 8.38. The van der Waals surface area contributed by atoms with Crippen LogP contribution < -0.4 is 10.2 Å². The van der Waals surface area contributed by atoms with Crippen LogP contribution in [0.15, 0.2) is 41.7 Å². The van der Waals surface area contributed by atoms with Gasteiger partial charge in [-0.05, 0) is 36.8 Å². The molecule has 2 aromatic rings. The summed E-state index contributed by atoms with van der Waals surface area (Å²) in [6.45, 7) is 4.37. The topological polar surface area (TPSA) is 48.7 Å². The maximum Gasteiger partial charge on any atom is 0.194 e. The maximum atomic E-state index is 4.77. The fourth-order valence-electron chi connectivity index (χ4n) is 2.42. The Kier molecular flexibility index (Phi) is 6.23. The highest BCUT2D eigenvalue weighted by Crippen LogP contribution is 2.11. The van der Waals surface area contributed by atoms with E-state index in [0.29, 0.717) is 6.54 Å². The molecule has 0 radical (unpaired) electrons. The summed E-state index contributed by atoms with van der Waals surface area (Å²) in [5.74, 6) is 1.85. The standard InChI is InChI=1S/C18H28N6/c1-6-19-18(24(5)14-16-8-7-11-23(16)4)21-13-15-9-10-20-17(12-15)22(2)3/h7-12H,6,13-14H2,1-5H3,(H,19,21). The molecule has 0 fully saturated rings. The smallest absolute Gasteiger partial charge is 0.194 e. The number of anilines is 1. The number of rotatable bonds is 6. The molecule has 0 aliphatic carbocycles. The highest BCUT2D eigenvalue weighted by molar-refractivity contribution is 5.79. The Morgan fingerprint density at radius 2 is 2.08 bits per heavy atom. The summed E-state index contributed by atoms with van der Waals surface area (Å²) in [7, 11) is 8.11. The summed E-state index contributed by atoms with van der Waals surface area (Å²) in [6, 6.07) is 8.28. The number of nitrogens with one attached hydrogen (secondary N) is 1. The minimum absolute atomic E-state index is 0.628. The largest absolute Gasteiger partial charge is 0.363 e. The number of aromatic nitrogens is 2. The first kappa shape index (κ1) is 17.8. The monoisotopic (exact) mass is 328 g/mol. The van der Waals surface area contributed by atoms with Crippen molar-refractivity contribution in [2.45, 2.75) is 20.0 Å². The van der Waals surface area contributed by atoms with Crippen molar-refractivity contribution >= 4 is 11.8 Å². The zero-order chi connectivity index (χ0) is 17.5. The predicted octanol–water partition coefficient (Wildman–Crippen LogP) is 2.08. The van der Waals surface area contributed by atoms with Crippen LogP contribution in [-0.2, 0) is 20.1 Å². The van der Waals surface area contributed by atoms with E-state index in [9.17, 15) is 0 Å². The van der Waals surface area contributed by atoms with Gasteiger partial charge in [0.25, 0.3) is 0 Å². The van der Waals surface area contributed by atoms with E-state index in [1.54, 1.807) is 0 Å². The van der Waals surface area contributed by atoms with E-state index >= 15 is 0 Å². The van der Waals surface area contributed by atoms with Gasteiger partial charge in [0, 0.05) is 52.8 Å². The minimum Gasteiger partial charge on any atom is -0.363 e. The summed E-state index contributed by atoms with van der Waals surface area (Å²) in [5.41, 5.74) is 2.40. The Labute approximate surface area is 144 Å². The molecule has 0 aliphatic rings. The molecule has 6 nitrogen and oxygen atoms in total. The van der Waals surface area contributed by atoms with Crippen LogP contribution in [0.4, 0.5) is 5.82 Å². The van der Waals surface area contributed by atoms with Gasteiger partial charge in [0.15, 0.2) is 5.96 Å². The fourth-order valence-corrected chi connectivity index (χ4v) is 2.42. The van der Waals surface area contributed by atoms with Crippen molar-refractivity contribution in [2.24, 2.45) is 12.0 Å². The van der Waals surface area contributed by atoms with Crippen molar-refractivity contribution in [3.63, 3.8) is 0 Å². The molecule has 24 heavy (non-hydrogen) atoms. The van der Waals surface area contributed by atoms with E-state index in [4.69, 9.17) is 4.99 Å². The second-order valence-corrected chi connectivity index (χ2v) is 6.05. The van der Waals surface area contributed by atoms with Gasteiger partial charge >= 0.3 is 0 Å². The zero-order valence-corrected chi connectivity index (χ0v) is 15.3. The number of hydrogen-bond donors (Lipinski definition) is 1. The molecule has 0 saturated carbocycles. The molecule has 2 aromatic heterocycles. The van der Waals surface area contributed by atoms with Crippen molar-refractivity contribution in [1.29, 1.82) is 0 Å². The second-order valence-electron chi connectivity index (χ2n) is 6.05. The summed E-state index contributed by atoms with van der Waals surface area (Å²) in [6.07, 6.45) is 3.90. The average molecular weight is 328 g/mol. The molecule has 0 bridgehead atoms. The van der Waals surface area contributed by atoms with Crippen molar-refractivity contribution in [3.8, 4) is 0 Å². The third-order valence-electron chi connectivity index (χ3n) is 3.83. The van der Waals surface area contributed by atoms with Gasteiger partial charge in [-0.15, -0.1) is 0 Å². The molecular formula is C18H28N6. The minimum atomic E-state index is 0.628. The van der Waals surface area contributed by atoms with Crippen LogP contribution in [-0.4, -0.2) is 48.1 Å². The number of hydrogen-bond acceptors (Lipinski definition) is 3. The maximum absolute atomic E-state index is 4.77. The summed E-state index contributed by atoms with van der Waals surface area (Å²) >= 11 is 0. The lowest BCUT2D eigenvalue weighted by atomic mass is 10.2. The fraction of sp³-hybridized carbons (Fsp3) is 0.444. The lowest BCUT2D eigenvalue weighted by Crippen LogP contribution is -2.38. The van der Waals surface area contributed by atoms with Crippen molar-refractivity contribution in [3.05, 3.63) is 47.9 Å². The van der Waals surface area contributed by atoms with E-state index in [-0.39, 0.29) is 0 Å². The van der Waals surface area contributed by atoms with Crippen LogP contribution in [0.1, 0.15) is 18.2 Å². The van der Waals surface area contributed by atoms with Gasteiger partial charge in [-0.1, -0.05) is 0 Å². The Hall–Kier alpha value is -2.50. The molecule has 0 spiro atoms. The van der Waals surface area contributed by atoms with Crippen molar-refractivity contribution in [2.75, 3.05) is 32.6 Å². The number of nitrogens with zero attached hydrogens (tertiary/aromatic N) is 5. The van der Waals surface area contributed by atoms with Crippen molar-refractivity contribution < 1.29 is 0 Å². The lowest BCUT2D eigenvalue weighted by molar-refractivity contribution is 0.462. The van der Waals surface area contributed by atoms with Crippen LogP contribution in [0.2, 0.25) is 0 Å². The molecule has 0 saturated heterocycles. The zero-order valence-electron chi connectivity index (χ0n) is 15.3. The van der Waals surface area contributed by atoms with Gasteiger partial charge in [0.1, 0.15) is 5.82 Å². The van der Waals surface area contributed by atoms with E-state index in [2.05, 4.69) is 65.2 Å². The number of aliphatic imine (C=N–C) groups is 1. The third kappa shape index (κ3) is 4.75. The summed E-state index contributed by atoms with van der Waals surface area (Å²) < 4.78 is 2.13. The number of aryl methyl sites for hydroxylation is 1. The van der Waals surface area contributed by atoms with Gasteiger partial charge < -0.3 is 19.7 Å². The number of pyridine rings is 1. The Balaban J connectivity index is 2.09. The molecule has 2 rings (SSSR count). The van der Waals surface area contributed by atoms with E-state index in [1.165, 1.54) is 5.69 Å². The van der Waals surface area contributed by atoms with Crippen LogP contribution in [0.5, 0.6) is 0 Å². The first-order chi connectivity index (χ1) is 11.5. The van der Waals surface area contributed by atoms with Crippen molar-refractivity contribution in [1.82, 2.24) is 19.8 Å². The first-order valence-electron chi connectivity index (χ1n) is 8.23. The Bertz CT molecular complexity index is 674. The molecule has 6 heteroatoms. The SMILES string of the molecule is CCNC(=NCc1ccnc(N(C)C)c1)N(C)Cc1cccn1C. The van der Waals surface area contributed by atoms with E-state index in [1.807, 2.05) is 31.3 Å². The Morgan fingerprint density at radius 1 is 1.29 bits per heavy atom. The first-order valence-corrected chi connectivity index (χ1v) is 8.23.